The number of nitrogens with one attached hydrogen (secondary N) is 2. The standard InChI is InChI=1S/C21H21N3O/c1-15(2)16-8-10-19(11-9-16)23-20-14-17(12-13-22-20)21(25)24-18-6-4-3-5-7-18/h3-15H,1-2H3,(H,22,23)(H,24,25). The Morgan fingerprint density at radius 1 is 0.920 bits per heavy atom. The van der Waals surface area contributed by atoms with Gasteiger partial charge in [-0.2, -0.15) is 0 Å². The van der Waals surface area contributed by atoms with E-state index >= 15 is 0 Å². The van der Waals surface area contributed by atoms with Gasteiger partial charge < -0.3 is 10.6 Å². The first-order chi connectivity index (χ1) is 12.1. The molecule has 1 heterocycles. The van der Waals surface area contributed by atoms with Crippen molar-refractivity contribution in [1.29, 1.82) is 0 Å². The molecule has 3 aromatic rings. The van der Waals surface area contributed by atoms with E-state index in [9.17, 15) is 4.79 Å². The molecule has 25 heavy (non-hydrogen) atoms. The first-order valence-electron chi connectivity index (χ1n) is 8.31. The van der Waals surface area contributed by atoms with Gasteiger partial charge in [-0.3, -0.25) is 4.79 Å². The highest BCUT2D eigenvalue weighted by Gasteiger charge is 2.08. The molecule has 3 rings (SSSR count). The lowest BCUT2D eigenvalue weighted by molar-refractivity contribution is 0.102. The number of hydrogen-bond donors (Lipinski definition) is 2. The highest BCUT2D eigenvalue weighted by molar-refractivity contribution is 6.04. The van der Waals surface area contributed by atoms with Gasteiger partial charge in [0, 0.05) is 23.1 Å². The molecule has 2 N–H and O–H groups in total. The fourth-order valence-corrected chi connectivity index (χ4v) is 2.46. The zero-order valence-corrected chi connectivity index (χ0v) is 14.4. The number of aromatic nitrogens is 1. The average molecular weight is 331 g/mol. The molecule has 0 fully saturated rings. The summed E-state index contributed by atoms with van der Waals surface area (Å²) in [5.41, 5.74) is 3.55. The number of pyridine rings is 1. The van der Waals surface area contributed by atoms with Crippen LogP contribution in [-0.2, 0) is 0 Å². The maximum Gasteiger partial charge on any atom is 0.255 e. The third kappa shape index (κ3) is 4.44. The Morgan fingerprint density at radius 3 is 2.32 bits per heavy atom. The summed E-state index contributed by atoms with van der Waals surface area (Å²) in [6.45, 7) is 4.33. The SMILES string of the molecule is CC(C)c1ccc(Nc2cc(C(=O)Nc3ccccc3)ccn2)cc1. The van der Waals surface area contributed by atoms with Gasteiger partial charge in [0.05, 0.1) is 0 Å². The summed E-state index contributed by atoms with van der Waals surface area (Å²) in [7, 11) is 0. The number of anilines is 3. The minimum absolute atomic E-state index is 0.160. The van der Waals surface area contributed by atoms with E-state index in [-0.39, 0.29) is 5.91 Å². The Kier molecular flexibility index (Phi) is 5.09. The molecule has 1 aromatic heterocycles. The first kappa shape index (κ1) is 16.7. The molecule has 0 bridgehead atoms. The van der Waals surface area contributed by atoms with E-state index in [1.54, 1.807) is 18.3 Å². The van der Waals surface area contributed by atoms with Crippen LogP contribution in [0, 0.1) is 0 Å². The summed E-state index contributed by atoms with van der Waals surface area (Å²) < 4.78 is 0. The molecule has 0 aliphatic carbocycles. The number of para-hydroxylation sites is 1. The van der Waals surface area contributed by atoms with Crippen LogP contribution < -0.4 is 10.6 Å². The van der Waals surface area contributed by atoms with Crippen molar-refractivity contribution in [3.8, 4) is 0 Å². The van der Waals surface area contributed by atoms with E-state index < -0.39 is 0 Å². The number of nitrogens with zero attached hydrogens (tertiary/aromatic N) is 1. The van der Waals surface area contributed by atoms with Crippen LogP contribution in [0.15, 0.2) is 72.9 Å². The van der Waals surface area contributed by atoms with Crippen molar-refractivity contribution < 1.29 is 4.79 Å². The van der Waals surface area contributed by atoms with E-state index in [1.807, 2.05) is 42.5 Å². The smallest absolute Gasteiger partial charge is 0.255 e. The van der Waals surface area contributed by atoms with Crippen LogP contribution in [0.25, 0.3) is 0 Å². The molecular weight excluding hydrogens is 310 g/mol. The summed E-state index contributed by atoms with van der Waals surface area (Å²) in [4.78, 5) is 16.7. The molecule has 4 nitrogen and oxygen atoms in total. The van der Waals surface area contributed by atoms with Crippen molar-refractivity contribution in [2.75, 3.05) is 10.6 Å². The van der Waals surface area contributed by atoms with E-state index in [2.05, 4.69) is 41.6 Å². The van der Waals surface area contributed by atoms with Crippen molar-refractivity contribution in [3.05, 3.63) is 84.1 Å². The van der Waals surface area contributed by atoms with Gasteiger partial charge >= 0.3 is 0 Å². The normalized spacial score (nSPS) is 10.5. The molecule has 0 aliphatic heterocycles. The van der Waals surface area contributed by atoms with E-state index in [1.165, 1.54) is 5.56 Å². The Labute approximate surface area is 147 Å². The van der Waals surface area contributed by atoms with Crippen LogP contribution in [0.5, 0.6) is 0 Å². The monoisotopic (exact) mass is 331 g/mol. The molecular formula is C21H21N3O. The van der Waals surface area contributed by atoms with E-state index in [0.717, 1.165) is 11.4 Å². The minimum atomic E-state index is -0.160. The van der Waals surface area contributed by atoms with Crippen LogP contribution in [0.4, 0.5) is 17.2 Å². The third-order valence-corrected chi connectivity index (χ3v) is 3.90. The van der Waals surface area contributed by atoms with Crippen molar-refractivity contribution >= 4 is 23.1 Å². The van der Waals surface area contributed by atoms with Gasteiger partial charge in [0.2, 0.25) is 0 Å². The minimum Gasteiger partial charge on any atom is -0.340 e. The lowest BCUT2D eigenvalue weighted by Gasteiger charge is -2.10. The topological polar surface area (TPSA) is 54.0 Å². The second-order valence-corrected chi connectivity index (χ2v) is 6.15. The van der Waals surface area contributed by atoms with Gasteiger partial charge in [0.15, 0.2) is 0 Å². The molecule has 0 spiro atoms. The van der Waals surface area contributed by atoms with Gasteiger partial charge in [0.1, 0.15) is 5.82 Å². The first-order valence-corrected chi connectivity index (χ1v) is 8.31. The number of rotatable bonds is 5. The Bertz CT molecular complexity index is 843. The van der Waals surface area contributed by atoms with Crippen LogP contribution in [-0.4, -0.2) is 10.9 Å². The lowest BCUT2D eigenvalue weighted by Crippen LogP contribution is -2.12. The van der Waals surface area contributed by atoms with Crippen LogP contribution >= 0.6 is 0 Å². The van der Waals surface area contributed by atoms with E-state index in [0.29, 0.717) is 17.3 Å². The average Bonchev–Trinajstić information content (AvgIpc) is 2.63. The second-order valence-electron chi connectivity index (χ2n) is 6.15. The largest absolute Gasteiger partial charge is 0.340 e. The van der Waals surface area contributed by atoms with Gasteiger partial charge in [-0.25, -0.2) is 4.98 Å². The van der Waals surface area contributed by atoms with Crippen LogP contribution in [0.2, 0.25) is 0 Å². The quantitative estimate of drug-likeness (QED) is 0.675. The maximum absolute atomic E-state index is 12.4. The van der Waals surface area contributed by atoms with Gasteiger partial charge in [-0.1, -0.05) is 44.2 Å². The Morgan fingerprint density at radius 2 is 1.64 bits per heavy atom. The van der Waals surface area contributed by atoms with Crippen LogP contribution in [0.1, 0.15) is 35.7 Å². The van der Waals surface area contributed by atoms with Crippen molar-refractivity contribution in [2.45, 2.75) is 19.8 Å². The molecule has 2 aromatic carbocycles. The lowest BCUT2D eigenvalue weighted by atomic mass is 10.0. The summed E-state index contributed by atoms with van der Waals surface area (Å²) in [6, 6.07) is 21.1. The molecule has 0 unspecified atom stereocenters. The highest BCUT2D eigenvalue weighted by Crippen LogP contribution is 2.20. The summed E-state index contributed by atoms with van der Waals surface area (Å²) in [5, 5.41) is 6.11. The zero-order valence-electron chi connectivity index (χ0n) is 14.4. The number of carbonyl (C=O) groups excluding carboxylic acids is 1. The van der Waals surface area contributed by atoms with Crippen molar-refractivity contribution in [1.82, 2.24) is 4.98 Å². The molecule has 126 valence electrons. The van der Waals surface area contributed by atoms with Crippen LogP contribution in [0.3, 0.4) is 0 Å². The van der Waals surface area contributed by atoms with Gasteiger partial charge in [-0.05, 0) is 47.9 Å². The maximum atomic E-state index is 12.4. The highest BCUT2D eigenvalue weighted by atomic mass is 16.1. The predicted molar refractivity (Wildman–Crippen MR) is 102 cm³/mol. The zero-order chi connectivity index (χ0) is 17.6. The van der Waals surface area contributed by atoms with Gasteiger partial charge in [0.25, 0.3) is 5.91 Å². The number of hydrogen-bond acceptors (Lipinski definition) is 3. The number of benzene rings is 2. The van der Waals surface area contributed by atoms with E-state index in [4.69, 9.17) is 0 Å². The summed E-state index contributed by atoms with van der Waals surface area (Å²) in [5.74, 6) is 0.974. The molecule has 0 saturated carbocycles. The fraction of sp³-hybridized carbons (Fsp3) is 0.143. The Hall–Kier alpha value is -3.14. The molecule has 4 heteroatoms. The van der Waals surface area contributed by atoms with Gasteiger partial charge in [-0.15, -0.1) is 0 Å². The fourth-order valence-electron chi connectivity index (χ4n) is 2.46. The van der Waals surface area contributed by atoms with Crippen molar-refractivity contribution in [2.24, 2.45) is 0 Å². The second kappa shape index (κ2) is 7.62. The predicted octanol–water partition coefficient (Wildman–Crippen LogP) is 5.20. The summed E-state index contributed by atoms with van der Waals surface area (Å²) >= 11 is 0. The number of carbonyl (C=O) groups is 1. The molecule has 0 radical (unpaired) electrons. The third-order valence-electron chi connectivity index (χ3n) is 3.90. The molecule has 1 amide bonds. The number of amides is 1. The Balaban J connectivity index is 1.71. The molecule has 0 saturated heterocycles. The molecule has 0 atom stereocenters. The van der Waals surface area contributed by atoms with Crippen molar-refractivity contribution in [3.63, 3.8) is 0 Å². The summed E-state index contributed by atoms with van der Waals surface area (Å²) in [6.07, 6.45) is 1.63. The molecule has 0 aliphatic rings.